The molecule has 1 aromatic heterocycles. The van der Waals surface area contributed by atoms with Crippen LogP contribution in [-0.4, -0.2) is 34.9 Å². The lowest BCUT2D eigenvalue weighted by Crippen LogP contribution is -2.33. The molecule has 1 amide bonds. The molecule has 2 N–H and O–H groups in total. The third-order valence-corrected chi connectivity index (χ3v) is 6.62. The number of fused-ring (bicyclic) bond motifs is 1. The van der Waals surface area contributed by atoms with Crippen molar-refractivity contribution in [2.45, 2.75) is 58.3 Å². The first-order valence-corrected chi connectivity index (χ1v) is 11.5. The summed E-state index contributed by atoms with van der Waals surface area (Å²) in [6.07, 6.45) is 2.06. The SMILES string of the molecule is CCOC(=O)N1Cc2sccc2C(Nc2ccc(F)cc2OC2CCC(O)CC2)=C1C. The quantitative estimate of drug-likeness (QED) is 0.649. The van der Waals surface area contributed by atoms with Gasteiger partial charge in [0.2, 0.25) is 0 Å². The molecule has 8 heteroatoms. The Bertz CT molecular complexity index is 982. The zero-order valence-electron chi connectivity index (χ0n) is 17.7. The van der Waals surface area contributed by atoms with Crippen LogP contribution in [0.3, 0.4) is 0 Å². The molecule has 4 rings (SSSR count). The number of hydrogen-bond acceptors (Lipinski definition) is 6. The van der Waals surface area contributed by atoms with Crippen molar-refractivity contribution in [3.05, 3.63) is 51.6 Å². The van der Waals surface area contributed by atoms with Gasteiger partial charge in [0.15, 0.2) is 0 Å². The summed E-state index contributed by atoms with van der Waals surface area (Å²) in [5.41, 5.74) is 3.15. The Morgan fingerprint density at radius 1 is 1.29 bits per heavy atom. The third-order valence-electron chi connectivity index (χ3n) is 5.71. The van der Waals surface area contributed by atoms with Crippen molar-refractivity contribution in [3.63, 3.8) is 0 Å². The highest BCUT2D eigenvalue weighted by molar-refractivity contribution is 7.10. The van der Waals surface area contributed by atoms with Gasteiger partial charge in [0.25, 0.3) is 0 Å². The Morgan fingerprint density at radius 3 is 2.81 bits per heavy atom. The Morgan fingerprint density at radius 2 is 2.06 bits per heavy atom. The fourth-order valence-corrected chi connectivity index (χ4v) is 4.88. The predicted molar refractivity (Wildman–Crippen MR) is 118 cm³/mol. The molecule has 0 saturated heterocycles. The van der Waals surface area contributed by atoms with Gasteiger partial charge in [-0.2, -0.15) is 0 Å². The number of hydrogen-bond donors (Lipinski definition) is 2. The van der Waals surface area contributed by atoms with E-state index in [9.17, 15) is 14.3 Å². The van der Waals surface area contributed by atoms with Crippen molar-refractivity contribution in [1.29, 1.82) is 0 Å². The molecule has 1 saturated carbocycles. The highest BCUT2D eigenvalue weighted by Crippen LogP contribution is 2.38. The monoisotopic (exact) mass is 446 g/mol. The summed E-state index contributed by atoms with van der Waals surface area (Å²) in [5.74, 6) is 0.0434. The predicted octanol–water partition coefficient (Wildman–Crippen LogP) is 5.34. The van der Waals surface area contributed by atoms with Gasteiger partial charge in [0.05, 0.1) is 36.7 Å². The number of nitrogens with one attached hydrogen (secondary N) is 1. The van der Waals surface area contributed by atoms with Gasteiger partial charge in [-0.15, -0.1) is 11.3 Å². The minimum atomic E-state index is -0.394. The summed E-state index contributed by atoms with van der Waals surface area (Å²) in [6.45, 7) is 4.41. The third kappa shape index (κ3) is 4.70. The number of halogens is 1. The molecule has 31 heavy (non-hydrogen) atoms. The van der Waals surface area contributed by atoms with Crippen LogP contribution in [0.5, 0.6) is 5.75 Å². The molecule has 1 aliphatic heterocycles. The van der Waals surface area contributed by atoms with Crippen LogP contribution in [0.2, 0.25) is 0 Å². The lowest BCUT2D eigenvalue weighted by Gasteiger charge is -2.31. The van der Waals surface area contributed by atoms with Gasteiger partial charge in [0.1, 0.15) is 11.6 Å². The summed E-state index contributed by atoms with van der Waals surface area (Å²) in [5, 5.41) is 15.1. The van der Waals surface area contributed by atoms with Gasteiger partial charge in [-0.1, -0.05) is 0 Å². The van der Waals surface area contributed by atoms with E-state index in [0.717, 1.165) is 34.7 Å². The van der Waals surface area contributed by atoms with Gasteiger partial charge in [0, 0.05) is 22.2 Å². The Balaban J connectivity index is 1.64. The number of nitrogens with zero attached hydrogens (tertiary/aromatic N) is 1. The van der Waals surface area contributed by atoms with Gasteiger partial charge in [-0.25, -0.2) is 9.18 Å². The first-order chi connectivity index (χ1) is 15.0. The van der Waals surface area contributed by atoms with Crippen LogP contribution in [0.4, 0.5) is 14.9 Å². The Labute approximate surface area is 185 Å². The fourth-order valence-electron chi connectivity index (χ4n) is 4.01. The Kier molecular flexibility index (Phi) is 6.48. The van der Waals surface area contributed by atoms with E-state index in [4.69, 9.17) is 9.47 Å². The van der Waals surface area contributed by atoms with Crippen molar-refractivity contribution in [2.24, 2.45) is 0 Å². The lowest BCUT2D eigenvalue weighted by molar-refractivity contribution is 0.0668. The van der Waals surface area contributed by atoms with Crippen LogP contribution in [0.1, 0.15) is 50.0 Å². The second-order valence-corrected chi connectivity index (χ2v) is 8.82. The number of carbonyl (C=O) groups is 1. The van der Waals surface area contributed by atoms with Gasteiger partial charge >= 0.3 is 6.09 Å². The van der Waals surface area contributed by atoms with E-state index >= 15 is 0 Å². The number of carbonyl (C=O) groups excluding carboxylic acids is 1. The van der Waals surface area contributed by atoms with E-state index in [1.807, 2.05) is 18.4 Å². The van der Waals surface area contributed by atoms with Crippen LogP contribution >= 0.6 is 11.3 Å². The van der Waals surface area contributed by atoms with Crippen molar-refractivity contribution >= 4 is 28.8 Å². The molecule has 2 aromatic rings. The van der Waals surface area contributed by atoms with E-state index < -0.39 is 6.09 Å². The molecule has 166 valence electrons. The first-order valence-electron chi connectivity index (χ1n) is 10.6. The molecule has 1 aliphatic carbocycles. The van der Waals surface area contributed by atoms with Crippen LogP contribution in [0.15, 0.2) is 35.3 Å². The van der Waals surface area contributed by atoms with E-state index in [-0.39, 0.29) is 18.0 Å². The van der Waals surface area contributed by atoms with Crippen LogP contribution in [-0.2, 0) is 11.3 Å². The van der Waals surface area contributed by atoms with Crippen LogP contribution in [0.25, 0.3) is 5.70 Å². The number of benzene rings is 1. The molecule has 0 unspecified atom stereocenters. The average molecular weight is 447 g/mol. The zero-order valence-corrected chi connectivity index (χ0v) is 18.5. The van der Waals surface area contributed by atoms with Gasteiger partial charge in [-0.3, -0.25) is 4.90 Å². The van der Waals surface area contributed by atoms with Crippen molar-refractivity contribution in [1.82, 2.24) is 4.90 Å². The van der Waals surface area contributed by atoms with Gasteiger partial charge < -0.3 is 19.9 Å². The molecular formula is C23H27FN2O4S. The number of amides is 1. The Hall–Kier alpha value is -2.58. The van der Waals surface area contributed by atoms with Crippen LogP contribution < -0.4 is 10.1 Å². The van der Waals surface area contributed by atoms with Crippen molar-refractivity contribution in [3.8, 4) is 5.75 Å². The number of ether oxygens (including phenoxy) is 2. The minimum Gasteiger partial charge on any atom is -0.488 e. The largest absolute Gasteiger partial charge is 0.488 e. The molecule has 2 aliphatic rings. The highest BCUT2D eigenvalue weighted by Gasteiger charge is 2.29. The second-order valence-electron chi connectivity index (χ2n) is 7.82. The second kappa shape index (κ2) is 9.28. The number of allylic oxidation sites excluding steroid dienone is 1. The van der Waals surface area contributed by atoms with E-state index in [1.54, 1.807) is 29.2 Å². The van der Waals surface area contributed by atoms with E-state index in [1.165, 1.54) is 12.1 Å². The molecule has 0 spiro atoms. The molecule has 0 atom stereocenters. The number of aliphatic hydroxyl groups excluding tert-OH is 1. The first kappa shape index (κ1) is 21.6. The maximum absolute atomic E-state index is 14.0. The summed E-state index contributed by atoms with van der Waals surface area (Å²) in [4.78, 5) is 15.1. The number of thiophene rings is 1. The average Bonchev–Trinajstić information content (AvgIpc) is 3.21. The van der Waals surface area contributed by atoms with Crippen molar-refractivity contribution < 1.29 is 23.8 Å². The van der Waals surface area contributed by atoms with Gasteiger partial charge in [-0.05, 0) is 63.1 Å². The molecule has 1 fully saturated rings. The standard InChI is InChI=1S/C23H27FN2O4S/c1-3-29-23(28)26-13-21-18(10-11-31-21)22(14(26)2)25-19-9-4-15(24)12-20(19)30-17-7-5-16(27)6-8-17/h4,9-12,16-17,25,27H,3,5-8,13H2,1-2H3. The molecule has 2 heterocycles. The molecule has 6 nitrogen and oxygen atoms in total. The normalized spacial score (nSPS) is 21.0. The molecule has 0 bridgehead atoms. The van der Waals surface area contributed by atoms with E-state index in [2.05, 4.69) is 5.32 Å². The smallest absolute Gasteiger partial charge is 0.414 e. The van der Waals surface area contributed by atoms with Crippen molar-refractivity contribution in [2.75, 3.05) is 11.9 Å². The topological polar surface area (TPSA) is 71.0 Å². The number of aliphatic hydroxyl groups is 1. The molecule has 0 radical (unpaired) electrons. The lowest BCUT2D eigenvalue weighted by atomic mass is 9.95. The number of rotatable bonds is 5. The summed E-state index contributed by atoms with van der Waals surface area (Å²) in [7, 11) is 0. The van der Waals surface area contributed by atoms with Crippen LogP contribution in [0, 0.1) is 5.82 Å². The highest BCUT2D eigenvalue weighted by atomic mass is 32.1. The summed E-state index contributed by atoms with van der Waals surface area (Å²) >= 11 is 1.58. The zero-order chi connectivity index (χ0) is 22.0. The fraction of sp³-hybridized carbons (Fsp3) is 0.435. The minimum absolute atomic E-state index is 0.0695. The molecule has 1 aromatic carbocycles. The maximum atomic E-state index is 14.0. The number of anilines is 1. The maximum Gasteiger partial charge on any atom is 0.414 e. The molecular weight excluding hydrogens is 419 g/mol. The summed E-state index contributed by atoms with van der Waals surface area (Å²) in [6, 6.07) is 6.43. The summed E-state index contributed by atoms with van der Waals surface area (Å²) < 4.78 is 25.4. The van der Waals surface area contributed by atoms with E-state index in [0.29, 0.717) is 37.4 Å².